The minimum absolute atomic E-state index is 0.0117. The molecule has 2 rings (SSSR count). The first kappa shape index (κ1) is 21.9. The van der Waals surface area contributed by atoms with E-state index in [0.29, 0.717) is 11.3 Å². The van der Waals surface area contributed by atoms with Crippen molar-refractivity contribution in [2.75, 3.05) is 19.4 Å². The molecule has 2 aromatic carbocycles. The Hall–Kier alpha value is -2.42. The first-order valence-electron chi connectivity index (χ1n) is 8.46. The molecule has 0 saturated carbocycles. The number of hydrogen-bond donors (Lipinski definition) is 2. The number of carbonyl (C=O) groups excluding carboxylic acids is 2. The first-order valence-corrected chi connectivity index (χ1v) is 10.3. The van der Waals surface area contributed by atoms with Crippen LogP contribution < -0.4 is 10.0 Å². The van der Waals surface area contributed by atoms with Crippen LogP contribution in [0.4, 0.5) is 5.69 Å². The maximum absolute atomic E-state index is 12.6. The second kappa shape index (κ2) is 8.72. The summed E-state index contributed by atoms with van der Waals surface area (Å²) in [7, 11) is -0.513. The van der Waals surface area contributed by atoms with Crippen molar-refractivity contribution < 1.29 is 18.0 Å². The third kappa shape index (κ3) is 5.31. The molecule has 9 heteroatoms. The van der Waals surface area contributed by atoms with Gasteiger partial charge >= 0.3 is 0 Å². The van der Waals surface area contributed by atoms with Gasteiger partial charge in [-0.2, -0.15) is 0 Å². The first-order chi connectivity index (χ1) is 13.0. The molecule has 0 saturated heterocycles. The number of nitrogens with zero attached hydrogens (tertiary/aromatic N) is 1. The zero-order valence-electron chi connectivity index (χ0n) is 16.0. The monoisotopic (exact) mass is 423 g/mol. The Labute approximate surface area is 169 Å². The molecule has 0 aliphatic heterocycles. The Morgan fingerprint density at radius 1 is 1.07 bits per heavy atom. The summed E-state index contributed by atoms with van der Waals surface area (Å²) in [5.74, 6) is -0.789. The van der Waals surface area contributed by atoms with E-state index in [9.17, 15) is 18.0 Å². The van der Waals surface area contributed by atoms with E-state index in [4.69, 9.17) is 11.6 Å². The highest BCUT2D eigenvalue weighted by Gasteiger charge is 2.20. The third-order valence-corrected chi connectivity index (χ3v) is 5.64. The molecule has 0 aromatic heterocycles. The van der Waals surface area contributed by atoms with E-state index in [-0.39, 0.29) is 27.4 Å². The van der Waals surface area contributed by atoms with Crippen LogP contribution in [0.25, 0.3) is 0 Å². The van der Waals surface area contributed by atoms with Gasteiger partial charge in [-0.25, -0.2) is 13.1 Å². The third-order valence-electron chi connectivity index (χ3n) is 3.66. The number of rotatable bonds is 6. The van der Waals surface area contributed by atoms with Crippen molar-refractivity contribution in [3.63, 3.8) is 0 Å². The van der Waals surface area contributed by atoms with Gasteiger partial charge in [-0.05, 0) is 50.2 Å². The summed E-state index contributed by atoms with van der Waals surface area (Å²) >= 11 is 6.10. The number of benzene rings is 2. The standard InChI is InChI=1S/C19H22ClN3O4S/c1-12(2)22-28(26,27)15-8-9-17(20)16(11-15)18(24)21-14-7-5-6-13(10-14)19(25)23(3)4/h5-12,22H,1-4H3,(H,21,24). The lowest BCUT2D eigenvalue weighted by atomic mass is 10.1. The fraction of sp³-hybridized carbons (Fsp3) is 0.263. The van der Waals surface area contributed by atoms with Crippen molar-refractivity contribution >= 4 is 39.1 Å². The van der Waals surface area contributed by atoms with Gasteiger partial charge in [0.25, 0.3) is 11.8 Å². The smallest absolute Gasteiger partial charge is 0.257 e. The van der Waals surface area contributed by atoms with Crippen LogP contribution in [0, 0.1) is 0 Å². The molecular formula is C19H22ClN3O4S. The van der Waals surface area contributed by atoms with E-state index in [1.807, 2.05) is 0 Å². The van der Waals surface area contributed by atoms with Crippen LogP contribution in [0.1, 0.15) is 34.6 Å². The Morgan fingerprint density at radius 2 is 1.75 bits per heavy atom. The lowest BCUT2D eigenvalue weighted by molar-refractivity contribution is 0.0827. The number of amides is 2. The Kier molecular flexibility index (Phi) is 6.82. The highest BCUT2D eigenvalue weighted by molar-refractivity contribution is 7.89. The molecule has 2 aromatic rings. The van der Waals surface area contributed by atoms with Gasteiger partial charge in [0.1, 0.15) is 0 Å². The van der Waals surface area contributed by atoms with Crippen LogP contribution >= 0.6 is 11.6 Å². The van der Waals surface area contributed by atoms with Gasteiger partial charge in [0.05, 0.1) is 15.5 Å². The van der Waals surface area contributed by atoms with Crippen LogP contribution in [0.3, 0.4) is 0 Å². The van der Waals surface area contributed by atoms with Gasteiger partial charge in [0.15, 0.2) is 0 Å². The van der Waals surface area contributed by atoms with E-state index >= 15 is 0 Å². The van der Waals surface area contributed by atoms with E-state index in [1.54, 1.807) is 46.1 Å². The fourth-order valence-corrected chi connectivity index (χ4v) is 3.89. The summed E-state index contributed by atoms with van der Waals surface area (Å²) in [6.45, 7) is 3.40. The van der Waals surface area contributed by atoms with E-state index in [0.717, 1.165) is 0 Å². The summed E-state index contributed by atoms with van der Waals surface area (Å²) in [5.41, 5.74) is 0.811. The molecule has 0 fully saturated rings. The zero-order valence-corrected chi connectivity index (χ0v) is 17.6. The fourth-order valence-electron chi connectivity index (χ4n) is 2.41. The van der Waals surface area contributed by atoms with Crippen LogP contribution in [-0.2, 0) is 10.0 Å². The predicted molar refractivity (Wildman–Crippen MR) is 109 cm³/mol. The molecule has 0 radical (unpaired) electrons. The molecule has 0 unspecified atom stereocenters. The number of sulfonamides is 1. The van der Waals surface area contributed by atoms with Gasteiger partial charge in [0.2, 0.25) is 10.0 Å². The highest BCUT2D eigenvalue weighted by Crippen LogP contribution is 2.22. The summed E-state index contributed by atoms with van der Waals surface area (Å²) in [6.07, 6.45) is 0. The average molecular weight is 424 g/mol. The van der Waals surface area contributed by atoms with Gasteiger partial charge < -0.3 is 10.2 Å². The van der Waals surface area contributed by atoms with Gasteiger partial charge in [-0.3, -0.25) is 9.59 Å². The zero-order chi connectivity index (χ0) is 21.1. The largest absolute Gasteiger partial charge is 0.345 e. The van der Waals surface area contributed by atoms with E-state index in [1.165, 1.54) is 29.2 Å². The van der Waals surface area contributed by atoms with Crippen LogP contribution in [0.2, 0.25) is 5.02 Å². The van der Waals surface area contributed by atoms with Crippen molar-refractivity contribution in [3.8, 4) is 0 Å². The number of nitrogens with one attached hydrogen (secondary N) is 2. The molecule has 0 spiro atoms. The number of anilines is 1. The molecule has 150 valence electrons. The molecule has 2 amide bonds. The maximum Gasteiger partial charge on any atom is 0.257 e. The van der Waals surface area contributed by atoms with Crippen molar-refractivity contribution in [1.82, 2.24) is 9.62 Å². The summed E-state index contributed by atoms with van der Waals surface area (Å²) in [5, 5.41) is 2.76. The predicted octanol–water partition coefficient (Wildman–Crippen LogP) is 2.98. The molecule has 28 heavy (non-hydrogen) atoms. The lowest BCUT2D eigenvalue weighted by Gasteiger charge is -2.13. The molecule has 7 nitrogen and oxygen atoms in total. The molecule has 2 N–H and O–H groups in total. The number of halogens is 1. The number of carbonyl (C=O) groups is 2. The normalized spacial score (nSPS) is 11.4. The van der Waals surface area contributed by atoms with Crippen LogP contribution in [-0.4, -0.2) is 45.3 Å². The Bertz CT molecular complexity index is 1000. The van der Waals surface area contributed by atoms with Crippen molar-refractivity contribution in [3.05, 3.63) is 58.6 Å². The Balaban J connectivity index is 2.31. The topological polar surface area (TPSA) is 95.6 Å². The SMILES string of the molecule is CC(C)NS(=O)(=O)c1ccc(Cl)c(C(=O)Nc2cccc(C(=O)N(C)C)c2)c1. The maximum atomic E-state index is 12.6. The van der Waals surface area contributed by atoms with E-state index in [2.05, 4.69) is 10.0 Å². The average Bonchev–Trinajstić information content (AvgIpc) is 2.60. The van der Waals surface area contributed by atoms with Crippen molar-refractivity contribution in [2.24, 2.45) is 0 Å². The second-order valence-electron chi connectivity index (χ2n) is 6.65. The minimum Gasteiger partial charge on any atom is -0.345 e. The Morgan fingerprint density at radius 3 is 2.36 bits per heavy atom. The summed E-state index contributed by atoms with van der Waals surface area (Å²) in [4.78, 5) is 26.1. The van der Waals surface area contributed by atoms with Crippen molar-refractivity contribution in [1.29, 1.82) is 0 Å². The van der Waals surface area contributed by atoms with Crippen LogP contribution in [0.5, 0.6) is 0 Å². The molecule has 0 atom stereocenters. The number of hydrogen-bond acceptors (Lipinski definition) is 4. The second-order valence-corrected chi connectivity index (χ2v) is 8.77. The summed E-state index contributed by atoms with van der Waals surface area (Å²) < 4.78 is 27.1. The lowest BCUT2D eigenvalue weighted by Crippen LogP contribution is -2.30. The highest BCUT2D eigenvalue weighted by atomic mass is 35.5. The quantitative estimate of drug-likeness (QED) is 0.746. The minimum atomic E-state index is -3.77. The van der Waals surface area contributed by atoms with Crippen molar-refractivity contribution in [2.45, 2.75) is 24.8 Å². The molecular weight excluding hydrogens is 402 g/mol. The van der Waals surface area contributed by atoms with Crippen LogP contribution in [0.15, 0.2) is 47.4 Å². The van der Waals surface area contributed by atoms with E-state index < -0.39 is 15.9 Å². The molecule has 0 bridgehead atoms. The summed E-state index contributed by atoms with van der Waals surface area (Å²) in [6, 6.07) is 10.1. The molecule has 0 heterocycles. The molecule has 0 aliphatic carbocycles. The van der Waals surface area contributed by atoms with Gasteiger partial charge in [0, 0.05) is 31.4 Å². The van der Waals surface area contributed by atoms with Gasteiger partial charge in [-0.1, -0.05) is 17.7 Å². The van der Waals surface area contributed by atoms with Gasteiger partial charge in [-0.15, -0.1) is 0 Å². The molecule has 0 aliphatic rings.